The van der Waals surface area contributed by atoms with Crippen molar-refractivity contribution in [3.05, 3.63) is 15.6 Å². The zero-order valence-electron chi connectivity index (χ0n) is 13.9. The van der Waals surface area contributed by atoms with Gasteiger partial charge in [0, 0.05) is 17.5 Å². The molecular weight excluding hydrogens is 268 g/mol. The Morgan fingerprint density at radius 2 is 1.90 bits per heavy atom. The highest BCUT2D eigenvalue weighted by atomic mass is 32.1. The van der Waals surface area contributed by atoms with E-state index in [9.17, 15) is 0 Å². The van der Waals surface area contributed by atoms with Crippen molar-refractivity contribution in [3.8, 4) is 0 Å². The number of hydrogen-bond acceptors (Lipinski definition) is 4. The minimum atomic E-state index is -0.201. The van der Waals surface area contributed by atoms with Crippen LogP contribution in [0.2, 0.25) is 0 Å². The first kappa shape index (κ1) is 17.6. The van der Waals surface area contributed by atoms with E-state index in [-0.39, 0.29) is 5.60 Å². The number of thiazole rings is 1. The molecule has 0 aliphatic heterocycles. The van der Waals surface area contributed by atoms with E-state index in [1.807, 2.05) is 11.3 Å². The Morgan fingerprint density at radius 3 is 2.40 bits per heavy atom. The van der Waals surface area contributed by atoms with Crippen molar-refractivity contribution in [1.82, 2.24) is 10.3 Å². The van der Waals surface area contributed by atoms with Gasteiger partial charge in [0.2, 0.25) is 0 Å². The number of hydrogen-bond donors (Lipinski definition) is 1. The number of rotatable bonds is 9. The second kappa shape index (κ2) is 8.11. The van der Waals surface area contributed by atoms with Crippen molar-refractivity contribution in [2.75, 3.05) is 13.2 Å². The van der Waals surface area contributed by atoms with E-state index >= 15 is 0 Å². The quantitative estimate of drug-likeness (QED) is 0.725. The molecule has 3 nitrogen and oxygen atoms in total. The summed E-state index contributed by atoms with van der Waals surface area (Å²) in [6.07, 6.45) is 3.10. The largest absolute Gasteiger partial charge is 0.368 e. The molecule has 1 heterocycles. The van der Waals surface area contributed by atoms with Gasteiger partial charge in [-0.2, -0.15) is 0 Å². The van der Waals surface area contributed by atoms with Crippen molar-refractivity contribution in [2.45, 2.75) is 72.4 Å². The summed E-state index contributed by atoms with van der Waals surface area (Å²) in [5.41, 5.74) is 0.944. The molecule has 0 amide bonds. The lowest BCUT2D eigenvalue weighted by molar-refractivity contribution is -0.0507. The first-order valence-electron chi connectivity index (χ1n) is 7.89. The van der Waals surface area contributed by atoms with Crippen LogP contribution in [0.1, 0.15) is 75.5 Å². The van der Waals surface area contributed by atoms with E-state index in [0.29, 0.717) is 6.04 Å². The Balaban J connectivity index is 3.02. The van der Waals surface area contributed by atoms with Gasteiger partial charge in [-0.1, -0.05) is 20.8 Å². The van der Waals surface area contributed by atoms with Gasteiger partial charge < -0.3 is 10.1 Å². The third-order valence-corrected chi connectivity index (χ3v) is 5.40. The first-order valence-corrected chi connectivity index (χ1v) is 8.71. The van der Waals surface area contributed by atoms with Crippen LogP contribution < -0.4 is 5.32 Å². The predicted octanol–water partition coefficient (Wildman–Crippen LogP) is 4.56. The molecule has 0 radical (unpaired) electrons. The number of aromatic nitrogens is 1. The molecule has 1 rings (SSSR count). The second-order valence-electron chi connectivity index (χ2n) is 5.28. The SMILES string of the molecule is CCCNC(C)c1sc(C(CC)(CC)OCC)nc1C. The Bertz CT molecular complexity index is 399. The molecule has 1 aromatic heterocycles. The number of aryl methyl sites for hydroxylation is 1. The van der Waals surface area contributed by atoms with Crippen LogP contribution in [0.25, 0.3) is 0 Å². The molecule has 1 unspecified atom stereocenters. The normalized spacial score (nSPS) is 13.7. The first-order chi connectivity index (χ1) is 9.54. The van der Waals surface area contributed by atoms with Crippen LogP contribution in [0.3, 0.4) is 0 Å². The van der Waals surface area contributed by atoms with Gasteiger partial charge in [-0.05, 0) is 46.6 Å². The fourth-order valence-electron chi connectivity index (χ4n) is 2.55. The summed E-state index contributed by atoms with van der Waals surface area (Å²) in [5, 5.41) is 4.69. The highest BCUT2D eigenvalue weighted by Gasteiger charge is 2.33. The molecule has 0 aromatic carbocycles. The van der Waals surface area contributed by atoms with Crippen LogP contribution in [0.4, 0.5) is 0 Å². The van der Waals surface area contributed by atoms with Gasteiger partial charge >= 0.3 is 0 Å². The van der Waals surface area contributed by atoms with Gasteiger partial charge in [0.25, 0.3) is 0 Å². The third kappa shape index (κ3) is 3.80. The van der Waals surface area contributed by atoms with Crippen LogP contribution in [0.15, 0.2) is 0 Å². The van der Waals surface area contributed by atoms with E-state index in [1.54, 1.807) is 0 Å². The topological polar surface area (TPSA) is 34.1 Å². The van der Waals surface area contributed by atoms with Crippen LogP contribution in [-0.2, 0) is 10.3 Å². The van der Waals surface area contributed by atoms with Gasteiger partial charge in [-0.15, -0.1) is 11.3 Å². The Hall–Kier alpha value is -0.450. The fourth-order valence-corrected chi connectivity index (χ4v) is 3.93. The number of nitrogens with one attached hydrogen (secondary N) is 1. The van der Waals surface area contributed by atoms with Gasteiger partial charge in [0.05, 0.1) is 5.69 Å². The number of ether oxygens (including phenoxy) is 1. The predicted molar refractivity (Wildman–Crippen MR) is 87.4 cm³/mol. The van der Waals surface area contributed by atoms with Crippen LogP contribution >= 0.6 is 11.3 Å². The highest BCUT2D eigenvalue weighted by molar-refractivity contribution is 7.12. The van der Waals surface area contributed by atoms with Gasteiger partial charge in [-0.25, -0.2) is 4.98 Å². The molecular formula is C16H30N2OS. The second-order valence-corrected chi connectivity index (χ2v) is 6.31. The summed E-state index contributed by atoms with van der Waals surface area (Å²) in [5.74, 6) is 0. The van der Waals surface area contributed by atoms with E-state index in [2.05, 4.69) is 46.9 Å². The van der Waals surface area contributed by atoms with Crippen molar-refractivity contribution < 1.29 is 4.74 Å². The van der Waals surface area contributed by atoms with Crippen molar-refractivity contribution in [2.24, 2.45) is 0 Å². The Kier molecular flexibility index (Phi) is 7.13. The molecule has 0 spiro atoms. The molecule has 116 valence electrons. The molecule has 0 aliphatic carbocycles. The standard InChI is InChI=1S/C16H30N2OS/c1-7-11-17-12(5)14-13(6)18-15(20-14)16(8-2,9-3)19-10-4/h12,17H,7-11H2,1-6H3. The molecule has 20 heavy (non-hydrogen) atoms. The van der Waals surface area contributed by atoms with Crippen LogP contribution in [-0.4, -0.2) is 18.1 Å². The summed E-state index contributed by atoms with van der Waals surface area (Å²) in [6.45, 7) is 14.8. The lowest BCUT2D eigenvalue weighted by Gasteiger charge is -2.29. The minimum Gasteiger partial charge on any atom is -0.368 e. The smallest absolute Gasteiger partial charge is 0.125 e. The van der Waals surface area contributed by atoms with Crippen LogP contribution in [0.5, 0.6) is 0 Å². The summed E-state index contributed by atoms with van der Waals surface area (Å²) in [4.78, 5) is 6.17. The molecule has 0 bridgehead atoms. The van der Waals surface area contributed by atoms with Gasteiger partial charge in [0.15, 0.2) is 0 Å². The maximum Gasteiger partial charge on any atom is 0.125 e. The Labute approximate surface area is 128 Å². The maximum absolute atomic E-state index is 6.07. The third-order valence-electron chi connectivity index (χ3n) is 3.88. The average Bonchev–Trinajstić information content (AvgIpc) is 2.84. The lowest BCUT2D eigenvalue weighted by atomic mass is 9.98. The molecule has 1 aromatic rings. The van der Waals surface area contributed by atoms with Crippen molar-refractivity contribution >= 4 is 11.3 Å². The zero-order valence-corrected chi connectivity index (χ0v) is 14.7. The van der Waals surface area contributed by atoms with Crippen molar-refractivity contribution in [1.29, 1.82) is 0 Å². The lowest BCUT2D eigenvalue weighted by Crippen LogP contribution is -2.28. The van der Waals surface area contributed by atoms with Gasteiger partial charge in [0.1, 0.15) is 10.6 Å². The van der Waals surface area contributed by atoms with E-state index < -0.39 is 0 Å². The van der Waals surface area contributed by atoms with E-state index in [0.717, 1.165) is 43.1 Å². The molecule has 0 fully saturated rings. The summed E-state index contributed by atoms with van der Waals surface area (Å²) in [6, 6.07) is 0.370. The van der Waals surface area contributed by atoms with Crippen molar-refractivity contribution in [3.63, 3.8) is 0 Å². The molecule has 0 saturated carbocycles. The monoisotopic (exact) mass is 298 g/mol. The molecule has 0 saturated heterocycles. The molecule has 0 aliphatic rings. The molecule has 1 N–H and O–H groups in total. The highest BCUT2D eigenvalue weighted by Crippen LogP contribution is 2.38. The minimum absolute atomic E-state index is 0.201. The fraction of sp³-hybridized carbons (Fsp3) is 0.812. The summed E-state index contributed by atoms with van der Waals surface area (Å²) < 4.78 is 6.07. The summed E-state index contributed by atoms with van der Waals surface area (Å²) >= 11 is 1.82. The molecule has 1 atom stereocenters. The van der Waals surface area contributed by atoms with Crippen LogP contribution in [0, 0.1) is 6.92 Å². The summed E-state index contributed by atoms with van der Waals surface area (Å²) in [7, 11) is 0. The van der Waals surface area contributed by atoms with Gasteiger partial charge in [-0.3, -0.25) is 0 Å². The zero-order chi connectivity index (χ0) is 15.2. The van der Waals surface area contributed by atoms with E-state index in [4.69, 9.17) is 9.72 Å². The maximum atomic E-state index is 6.07. The average molecular weight is 298 g/mol. The molecule has 4 heteroatoms. The Morgan fingerprint density at radius 1 is 1.25 bits per heavy atom. The number of nitrogens with zero attached hydrogens (tertiary/aromatic N) is 1. The van der Waals surface area contributed by atoms with E-state index in [1.165, 1.54) is 4.88 Å².